The van der Waals surface area contributed by atoms with Gasteiger partial charge >= 0.3 is 85.5 Å². The molecular formula is C26H20F12N6P2RuS3. The molecule has 0 saturated carbocycles. The van der Waals surface area contributed by atoms with Gasteiger partial charge in [-0.2, -0.15) is 0 Å². The Bertz CT molecular complexity index is 1570. The Balaban J connectivity index is 0.000000318. The van der Waals surface area contributed by atoms with Crippen LogP contribution < -0.4 is 0 Å². The van der Waals surface area contributed by atoms with E-state index < -0.39 is 15.6 Å². The van der Waals surface area contributed by atoms with Crippen LogP contribution >= 0.6 is 50.1 Å². The van der Waals surface area contributed by atoms with Gasteiger partial charge in [-0.25, -0.2) is 9.97 Å². The second-order valence-electron chi connectivity index (χ2n) is 8.47. The Hall–Kier alpha value is -3.15. The van der Waals surface area contributed by atoms with Crippen molar-refractivity contribution in [3.8, 4) is 22.8 Å². The first-order valence-electron chi connectivity index (χ1n) is 12.5. The molecule has 0 radical (unpaired) electrons. The van der Waals surface area contributed by atoms with E-state index >= 15 is 0 Å². The molecule has 6 nitrogen and oxygen atoms in total. The van der Waals surface area contributed by atoms with Crippen LogP contribution in [0.5, 0.6) is 0 Å². The molecule has 0 unspecified atom stereocenters. The summed E-state index contributed by atoms with van der Waals surface area (Å²) in [5, 5.41) is 3.94. The van der Waals surface area contributed by atoms with Crippen molar-refractivity contribution < 1.29 is 69.8 Å². The number of aromatic nitrogens is 6. The van der Waals surface area contributed by atoms with Crippen molar-refractivity contribution in [2.45, 2.75) is 8.68 Å². The minimum atomic E-state index is -10.7. The van der Waals surface area contributed by atoms with Gasteiger partial charge in [-0.05, 0) is 60.3 Å². The Morgan fingerprint density at radius 3 is 0.780 bits per heavy atom. The fourth-order valence-corrected chi connectivity index (χ4v) is 5.10. The summed E-state index contributed by atoms with van der Waals surface area (Å²) < 4.78 is 120. The molecule has 6 aromatic rings. The van der Waals surface area contributed by atoms with Crippen molar-refractivity contribution in [2.24, 2.45) is 0 Å². The molecule has 0 fully saturated rings. The number of thiazole rings is 2. The Labute approximate surface area is 300 Å². The summed E-state index contributed by atoms with van der Waals surface area (Å²) in [5.74, 6) is 0. The number of rotatable bonds is 4. The third kappa shape index (κ3) is 28.7. The standard InChI is InChI=1S/2C10H8N2.C6H4N2S3.2F6P.Ru/c2*1-3-7-11-9(5-1)10-6-2-4-8-12-10;1-3-9-5(7-1)11-6-8-2-4-10-6;2*1-7(2,3,4,5)6;/h2*1-8H;1-4H;;;/q;;;2*-1;+2. The van der Waals surface area contributed by atoms with Gasteiger partial charge in [0.2, 0.25) is 0 Å². The summed E-state index contributed by atoms with van der Waals surface area (Å²) >= 11 is 4.90. The SMILES string of the molecule is F[P-](F)(F)(F)(F)F.F[P-](F)(F)(F)(F)F.[Ru+2].c1ccc(-c2ccccn2)nc1.c1ccc(-c2ccccn2)nc1.c1csc(Sc2nccs2)n1. The summed E-state index contributed by atoms with van der Waals surface area (Å²) in [6.07, 6.45) is 10.7. The largest absolute Gasteiger partial charge is 2.00 e. The molecule has 0 bridgehead atoms. The van der Waals surface area contributed by atoms with E-state index in [4.69, 9.17) is 0 Å². The first kappa shape index (κ1) is 44.9. The smallest absolute Gasteiger partial charge is 0.255 e. The monoisotopic (exact) mass is 904 g/mol. The summed E-state index contributed by atoms with van der Waals surface area (Å²) in [6.45, 7) is 0. The number of pyridine rings is 4. The number of hydrogen-bond acceptors (Lipinski definition) is 9. The van der Waals surface area contributed by atoms with Crippen LogP contribution in [0.15, 0.2) is 129 Å². The maximum atomic E-state index is 9.87. The minimum absolute atomic E-state index is 0. The van der Waals surface area contributed by atoms with Crippen molar-refractivity contribution in [3.63, 3.8) is 0 Å². The summed E-state index contributed by atoms with van der Waals surface area (Å²) in [6, 6.07) is 23.2. The molecule has 274 valence electrons. The van der Waals surface area contributed by atoms with Crippen LogP contribution in [0.4, 0.5) is 50.4 Å². The van der Waals surface area contributed by atoms with E-state index in [9.17, 15) is 50.4 Å². The molecule has 0 aromatic carbocycles. The summed E-state index contributed by atoms with van der Waals surface area (Å²) in [4.78, 5) is 25.0. The van der Waals surface area contributed by atoms with Gasteiger partial charge in [0.15, 0.2) is 8.68 Å². The van der Waals surface area contributed by atoms with Gasteiger partial charge in [-0.3, -0.25) is 19.9 Å². The maximum absolute atomic E-state index is 10.7. The van der Waals surface area contributed by atoms with E-state index in [1.807, 2.05) is 83.6 Å². The fraction of sp³-hybridized carbons (Fsp3) is 0. The zero-order valence-electron chi connectivity index (χ0n) is 24.2. The van der Waals surface area contributed by atoms with Gasteiger partial charge in [0.25, 0.3) is 0 Å². The molecule has 0 amide bonds. The second kappa shape index (κ2) is 16.9. The van der Waals surface area contributed by atoms with Crippen molar-refractivity contribution in [1.29, 1.82) is 0 Å². The van der Waals surface area contributed by atoms with Crippen LogP contribution in [-0.4, -0.2) is 29.9 Å². The molecule has 0 saturated heterocycles. The van der Waals surface area contributed by atoms with E-state index in [-0.39, 0.29) is 19.5 Å². The normalized spacial score (nSPS) is 13.4. The molecular weight excluding hydrogens is 884 g/mol. The fourth-order valence-electron chi connectivity index (χ4n) is 2.65. The van der Waals surface area contributed by atoms with E-state index in [0.29, 0.717) is 0 Å². The van der Waals surface area contributed by atoms with Crippen LogP contribution in [0.3, 0.4) is 0 Å². The molecule has 0 spiro atoms. The average Bonchev–Trinajstić information content (AvgIpc) is 3.72. The molecule has 0 aliphatic heterocycles. The zero-order chi connectivity index (χ0) is 36.8. The maximum Gasteiger partial charge on any atom is 2.00 e. The van der Waals surface area contributed by atoms with Crippen LogP contribution in [0.2, 0.25) is 0 Å². The van der Waals surface area contributed by atoms with Gasteiger partial charge in [0.1, 0.15) is 0 Å². The Morgan fingerprint density at radius 1 is 0.380 bits per heavy atom. The predicted molar refractivity (Wildman–Crippen MR) is 170 cm³/mol. The van der Waals surface area contributed by atoms with Crippen LogP contribution in [-0.2, 0) is 19.5 Å². The third-order valence-corrected chi connectivity index (χ3v) is 6.95. The first-order chi connectivity index (χ1) is 22.3. The average molecular weight is 904 g/mol. The summed E-state index contributed by atoms with van der Waals surface area (Å²) in [7, 11) is -21.3. The molecule has 0 aliphatic rings. The van der Waals surface area contributed by atoms with Crippen molar-refractivity contribution in [1.82, 2.24) is 29.9 Å². The third-order valence-electron chi connectivity index (χ3n) is 4.18. The summed E-state index contributed by atoms with van der Waals surface area (Å²) in [5.41, 5.74) is 3.66. The molecule has 24 heteroatoms. The van der Waals surface area contributed by atoms with Crippen LogP contribution in [0, 0.1) is 0 Å². The molecule has 6 rings (SSSR count). The van der Waals surface area contributed by atoms with Crippen LogP contribution in [0.1, 0.15) is 0 Å². The predicted octanol–water partition coefficient (Wildman–Crippen LogP) is 13.8. The van der Waals surface area contributed by atoms with Gasteiger partial charge in [-0.15, -0.1) is 22.7 Å². The van der Waals surface area contributed by atoms with E-state index in [0.717, 1.165) is 31.5 Å². The van der Waals surface area contributed by atoms with E-state index in [2.05, 4.69) is 29.9 Å². The van der Waals surface area contributed by atoms with Crippen molar-refractivity contribution in [3.05, 3.63) is 121 Å². The Morgan fingerprint density at radius 2 is 0.620 bits per heavy atom. The molecule has 50 heavy (non-hydrogen) atoms. The Kier molecular flexibility index (Phi) is 15.2. The van der Waals surface area contributed by atoms with E-state index in [1.165, 1.54) is 0 Å². The van der Waals surface area contributed by atoms with Gasteiger partial charge in [-0.1, -0.05) is 24.3 Å². The van der Waals surface area contributed by atoms with Gasteiger partial charge in [0, 0.05) is 47.9 Å². The molecule has 0 N–H and O–H groups in total. The molecule has 0 aliphatic carbocycles. The topological polar surface area (TPSA) is 77.3 Å². The zero-order valence-corrected chi connectivity index (χ0v) is 30.2. The molecule has 6 aromatic heterocycles. The van der Waals surface area contributed by atoms with Gasteiger partial charge in [0.05, 0.1) is 22.8 Å². The van der Waals surface area contributed by atoms with Gasteiger partial charge < -0.3 is 0 Å². The second-order valence-corrected chi connectivity index (χ2v) is 15.6. The van der Waals surface area contributed by atoms with Crippen molar-refractivity contribution in [2.75, 3.05) is 0 Å². The number of halogens is 12. The first-order valence-corrected chi connectivity index (χ1v) is 19.2. The minimum Gasteiger partial charge on any atom is -0.255 e. The quantitative estimate of drug-likeness (QED) is 0.0991. The molecule has 6 heterocycles. The van der Waals surface area contributed by atoms with Crippen LogP contribution in [0.25, 0.3) is 22.8 Å². The number of hydrogen-bond donors (Lipinski definition) is 0. The van der Waals surface area contributed by atoms with E-state index in [1.54, 1.807) is 71.6 Å². The van der Waals surface area contributed by atoms with Crippen molar-refractivity contribution >= 4 is 50.1 Å². The molecule has 0 atom stereocenters. The number of nitrogens with zero attached hydrogens (tertiary/aromatic N) is 6.